The Bertz CT molecular complexity index is 691. The summed E-state index contributed by atoms with van der Waals surface area (Å²) in [6.07, 6.45) is -4.18. The van der Waals surface area contributed by atoms with Gasteiger partial charge in [0, 0.05) is 32.2 Å². The first-order valence-corrected chi connectivity index (χ1v) is 9.19. The Hall–Kier alpha value is -2.49. The topological polar surface area (TPSA) is 68.3 Å². The van der Waals surface area contributed by atoms with E-state index in [0.29, 0.717) is 26.2 Å². The lowest BCUT2D eigenvalue weighted by Gasteiger charge is -2.37. The van der Waals surface area contributed by atoms with Crippen molar-refractivity contribution < 1.29 is 37.0 Å². The van der Waals surface area contributed by atoms with E-state index in [1.54, 1.807) is 11.0 Å². The molecule has 1 aliphatic heterocycles. The van der Waals surface area contributed by atoms with E-state index >= 15 is 0 Å². The molecular weight excluding hydrogens is 393 g/mol. The summed E-state index contributed by atoms with van der Waals surface area (Å²) in [6, 6.07) is 5.92. The third-order valence-corrected chi connectivity index (χ3v) is 4.57. The number of benzene rings is 1. The average Bonchev–Trinajstić information content (AvgIpc) is 2.70. The smallest absolute Gasteiger partial charge is 0.422 e. The van der Waals surface area contributed by atoms with Gasteiger partial charge in [-0.1, -0.05) is 12.1 Å². The van der Waals surface area contributed by atoms with Gasteiger partial charge >= 0.3 is 12.1 Å². The molecule has 0 bridgehead atoms. The van der Waals surface area contributed by atoms with Gasteiger partial charge in [0.05, 0.1) is 13.5 Å². The molecule has 0 N–H and O–H groups in total. The minimum Gasteiger partial charge on any atom is -0.480 e. The van der Waals surface area contributed by atoms with Crippen LogP contribution in [-0.4, -0.2) is 80.4 Å². The molecule has 10 heteroatoms. The minimum absolute atomic E-state index is 0.00797. The van der Waals surface area contributed by atoms with E-state index < -0.39 is 12.8 Å². The van der Waals surface area contributed by atoms with Gasteiger partial charge < -0.3 is 19.1 Å². The quantitative estimate of drug-likeness (QED) is 0.603. The number of hydrogen-bond acceptors (Lipinski definition) is 6. The van der Waals surface area contributed by atoms with Crippen molar-refractivity contribution in [3.8, 4) is 11.5 Å². The van der Waals surface area contributed by atoms with Crippen LogP contribution in [0.4, 0.5) is 13.2 Å². The summed E-state index contributed by atoms with van der Waals surface area (Å²) >= 11 is 0. The number of halogens is 3. The number of nitrogens with zero attached hydrogens (tertiary/aromatic N) is 2. The van der Waals surface area contributed by atoms with Crippen LogP contribution >= 0.6 is 0 Å². The van der Waals surface area contributed by atoms with Crippen molar-refractivity contribution in [3.05, 3.63) is 24.3 Å². The van der Waals surface area contributed by atoms with Crippen molar-refractivity contribution in [2.45, 2.75) is 25.6 Å². The maximum Gasteiger partial charge on any atom is 0.422 e. The molecule has 7 nitrogen and oxygen atoms in total. The molecule has 1 saturated heterocycles. The zero-order valence-corrected chi connectivity index (χ0v) is 16.4. The van der Waals surface area contributed by atoms with Gasteiger partial charge in [0.25, 0.3) is 5.91 Å². The van der Waals surface area contributed by atoms with Crippen LogP contribution in [0, 0.1) is 0 Å². The highest BCUT2D eigenvalue weighted by atomic mass is 19.4. The highest BCUT2D eigenvalue weighted by Crippen LogP contribution is 2.28. The number of hydrogen-bond donors (Lipinski definition) is 0. The van der Waals surface area contributed by atoms with Crippen LogP contribution in [0.25, 0.3) is 0 Å². The number of methoxy groups -OCH3 is 1. The van der Waals surface area contributed by atoms with Gasteiger partial charge in [-0.3, -0.25) is 14.5 Å². The van der Waals surface area contributed by atoms with Gasteiger partial charge in [0.1, 0.15) is 0 Å². The minimum atomic E-state index is -4.46. The van der Waals surface area contributed by atoms with Gasteiger partial charge in [0.2, 0.25) is 0 Å². The fraction of sp³-hybridized carbons (Fsp3) is 0.579. The van der Waals surface area contributed by atoms with Crippen LogP contribution in [0.1, 0.15) is 13.3 Å². The Kier molecular flexibility index (Phi) is 8.12. The Balaban J connectivity index is 1.81. The maximum atomic E-state index is 12.4. The summed E-state index contributed by atoms with van der Waals surface area (Å²) in [5.41, 5.74) is 0. The summed E-state index contributed by atoms with van der Waals surface area (Å²) in [4.78, 5) is 27.5. The van der Waals surface area contributed by atoms with Crippen molar-refractivity contribution in [1.29, 1.82) is 0 Å². The Morgan fingerprint density at radius 3 is 2.21 bits per heavy atom. The van der Waals surface area contributed by atoms with Gasteiger partial charge in [-0.05, 0) is 19.1 Å². The second-order valence-electron chi connectivity index (χ2n) is 6.69. The molecule has 0 aliphatic carbocycles. The molecule has 2 rings (SSSR count). The van der Waals surface area contributed by atoms with Crippen LogP contribution in [0.3, 0.4) is 0 Å². The van der Waals surface area contributed by atoms with Crippen molar-refractivity contribution >= 4 is 11.9 Å². The number of alkyl halides is 3. The fourth-order valence-electron chi connectivity index (χ4n) is 2.94. The zero-order valence-electron chi connectivity index (χ0n) is 16.4. The molecule has 0 aromatic heterocycles. The van der Waals surface area contributed by atoms with Crippen molar-refractivity contribution in [2.75, 3.05) is 46.5 Å². The van der Waals surface area contributed by atoms with Crippen LogP contribution < -0.4 is 9.47 Å². The second-order valence-corrected chi connectivity index (χ2v) is 6.69. The Labute approximate surface area is 167 Å². The standard InChI is InChI=1S/C19H25F3N2O5/c1-14(11-18(26)27-2)23-7-9-24(10-8-23)17(25)12-28-15-5-3-4-6-16(15)29-13-19(20,21)22/h3-6,14H,7-13H2,1-2H3. The molecule has 0 saturated carbocycles. The van der Waals surface area contributed by atoms with Gasteiger partial charge in [-0.15, -0.1) is 0 Å². The summed E-state index contributed by atoms with van der Waals surface area (Å²) in [5, 5.41) is 0. The molecule has 1 unspecified atom stereocenters. The fourth-order valence-corrected chi connectivity index (χ4v) is 2.94. The van der Waals surface area contributed by atoms with E-state index in [4.69, 9.17) is 9.47 Å². The van der Waals surface area contributed by atoms with E-state index in [1.807, 2.05) is 6.92 Å². The second kappa shape index (κ2) is 10.3. The lowest BCUT2D eigenvalue weighted by Crippen LogP contribution is -2.52. The van der Waals surface area contributed by atoms with E-state index in [1.165, 1.54) is 25.3 Å². The lowest BCUT2D eigenvalue weighted by molar-refractivity contribution is -0.153. The van der Waals surface area contributed by atoms with Gasteiger partial charge in [-0.25, -0.2) is 0 Å². The molecule has 1 atom stereocenters. The molecule has 1 amide bonds. The van der Waals surface area contributed by atoms with Crippen molar-refractivity contribution in [2.24, 2.45) is 0 Å². The summed E-state index contributed by atoms with van der Waals surface area (Å²) in [5.74, 6) is -0.541. The molecular formula is C19H25F3N2O5. The number of piperazine rings is 1. The van der Waals surface area contributed by atoms with Crippen LogP contribution in [0.2, 0.25) is 0 Å². The predicted octanol–water partition coefficient (Wildman–Crippen LogP) is 2.10. The van der Waals surface area contributed by atoms with E-state index in [9.17, 15) is 22.8 Å². The number of para-hydroxylation sites is 2. The van der Waals surface area contributed by atoms with Crippen LogP contribution in [-0.2, 0) is 14.3 Å². The number of rotatable bonds is 8. The third kappa shape index (κ3) is 7.45. The van der Waals surface area contributed by atoms with E-state index in [0.717, 1.165) is 0 Å². The first kappa shape index (κ1) is 22.8. The number of carbonyl (C=O) groups is 2. The van der Waals surface area contributed by atoms with Crippen LogP contribution in [0.15, 0.2) is 24.3 Å². The number of carbonyl (C=O) groups excluding carboxylic acids is 2. The zero-order chi connectivity index (χ0) is 21.4. The largest absolute Gasteiger partial charge is 0.480 e. The van der Waals surface area contributed by atoms with Crippen molar-refractivity contribution in [3.63, 3.8) is 0 Å². The van der Waals surface area contributed by atoms with E-state index in [2.05, 4.69) is 9.64 Å². The normalized spacial score (nSPS) is 16.2. The summed E-state index contributed by atoms with van der Waals surface area (Å²) < 4.78 is 51.9. The highest BCUT2D eigenvalue weighted by Gasteiger charge is 2.29. The first-order chi connectivity index (χ1) is 13.7. The maximum absolute atomic E-state index is 12.4. The lowest BCUT2D eigenvalue weighted by atomic mass is 10.1. The number of ether oxygens (including phenoxy) is 3. The Morgan fingerprint density at radius 1 is 1.07 bits per heavy atom. The van der Waals surface area contributed by atoms with E-state index in [-0.39, 0.29) is 42.4 Å². The van der Waals surface area contributed by atoms with Gasteiger partial charge in [-0.2, -0.15) is 13.2 Å². The molecule has 162 valence electrons. The molecule has 29 heavy (non-hydrogen) atoms. The molecule has 0 spiro atoms. The number of esters is 1. The van der Waals surface area contributed by atoms with Gasteiger partial charge in [0.15, 0.2) is 24.7 Å². The summed E-state index contributed by atoms with van der Waals surface area (Å²) in [7, 11) is 1.35. The highest BCUT2D eigenvalue weighted by molar-refractivity contribution is 5.78. The molecule has 0 radical (unpaired) electrons. The monoisotopic (exact) mass is 418 g/mol. The molecule has 1 aliphatic rings. The SMILES string of the molecule is COC(=O)CC(C)N1CCN(C(=O)COc2ccccc2OCC(F)(F)F)CC1. The Morgan fingerprint density at radius 2 is 1.66 bits per heavy atom. The molecule has 1 aromatic rings. The molecule has 1 aromatic carbocycles. The third-order valence-electron chi connectivity index (χ3n) is 4.57. The molecule has 1 fully saturated rings. The van der Waals surface area contributed by atoms with Crippen LogP contribution in [0.5, 0.6) is 11.5 Å². The summed E-state index contributed by atoms with van der Waals surface area (Å²) in [6.45, 7) is 2.34. The number of amides is 1. The first-order valence-electron chi connectivity index (χ1n) is 9.19. The predicted molar refractivity (Wildman–Crippen MR) is 97.7 cm³/mol. The molecule has 1 heterocycles. The van der Waals surface area contributed by atoms with Crippen molar-refractivity contribution in [1.82, 2.24) is 9.80 Å². The average molecular weight is 418 g/mol.